The van der Waals surface area contributed by atoms with Crippen molar-refractivity contribution in [3.8, 4) is 0 Å². The molecule has 2 aliphatic heterocycles. The summed E-state index contributed by atoms with van der Waals surface area (Å²) in [6.45, 7) is -0.0130. The maximum absolute atomic E-state index is 13.6. The van der Waals surface area contributed by atoms with Crippen molar-refractivity contribution in [3.05, 3.63) is 28.9 Å². The fraction of sp³-hybridized carbons (Fsp3) is 0.636. The number of aliphatic hydroxyl groups is 1. The second-order valence-electron chi connectivity index (χ2n) is 10.0. The molecule has 0 aromatic carbocycles. The van der Waals surface area contributed by atoms with Gasteiger partial charge in [-0.05, 0) is 44.9 Å². The topological polar surface area (TPSA) is 130 Å². The molecule has 0 unspecified atom stereocenters. The zero-order valence-corrected chi connectivity index (χ0v) is 21.1. The molecule has 4 heterocycles. The van der Waals surface area contributed by atoms with Crippen LogP contribution in [0.15, 0.2) is 21.7 Å². The Morgan fingerprint density at radius 1 is 1.18 bits per heavy atom. The average molecular weight is 523 g/mol. The third kappa shape index (κ3) is 3.94. The summed E-state index contributed by atoms with van der Waals surface area (Å²) in [5.74, 6) is 2.93. The zero-order valence-electron chi connectivity index (χ0n) is 18.7. The van der Waals surface area contributed by atoms with Crippen LogP contribution in [0.1, 0.15) is 62.4 Å². The Hall–Kier alpha value is -1.69. The van der Waals surface area contributed by atoms with E-state index < -0.39 is 26.1 Å². The van der Waals surface area contributed by atoms with E-state index in [1.807, 2.05) is 0 Å². The second kappa shape index (κ2) is 8.18. The molecule has 4 aliphatic rings. The van der Waals surface area contributed by atoms with Gasteiger partial charge in [-0.3, -0.25) is 4.21 Å². The number of hydrogen-bond donors (Lipinski definition) is 2. The monoisotopic (exact) mass is 522 g/mol. The highest BCUT2D eigenvalue weighted by Gasteiger charge is 2.55. The van der Waals surface area contributed by atoms with Crippen molar-refractivity contribution in [1.29, 1.82) is 0 Å². The molecule has 2 aromatic rings. The predicted octanol–water partition coefficient (Wildman–Crippen LogP) is 3.08. The highest BCUT2D eigenvalue weighted by molar-refractivity contribution is 7.93. The van der Waals surface area contributed by atoms with Crippen LogP contribution in [0.4, 0.5) is 11.8 Å². The maximum Gasteiger partial charge on any atom is 0.260 e. The summed E-state index contributed by atoms with van der Waals surface area (Å²) in [6.07, 6.45) is 9.10. The van der Waals surface area contributed by atoms with Crippen molar-refractivity contribution in [3.63, 3.8) is 0 Å². The van der Waals surface area contributed by atoms with Gasteiger partial charge >= 0.3 is 0 Å². The molecular formula is C22H27ClN6O3S2. The van der Waals surface area contributed by atoms with Crippen LogP contribution in [0.25, 0.3) is 0 Å². The first-order valence-electron chi connectivity index (χ1n) is 11.7. The molecule has 1 spiro atoms. The largest absolute Gasteiger partial charge is 0.394 e. The lowest BCUT2D eigenvalue weighted by Crippen LogP contribution is -2.48. The summed E-state index contributed by atoms with van der Waals surface area (Å²) in [5.41, 5.74) is 0.188. The molecule has 1 saturated heterocycles. The molecule has 2 saturated carbocycles. The molecule has 182 valence electrons. The van der Waals surface area contributed by atoms with E-state index in [0.717, 1.165) is 43.6 Å². The van der Waals surface area contributed by atoms with Gasteiger partial charge in [-0.25, -0.2) is 19.2 Å². The number of hydrogen-bond acceptors (Lipinski definition) is 9. The van der Waals surface area contributed by atoms with Crippen molar-refractivity contribution in [2.75, 3.05) is 29.2 Å². The summed E-state index contributed by atoms with van der Waals surface area (Å²) in [6, 6.07) is 0. The number of fused-ring (bicyclic) bond motifs is 2. The minimum absolute atomic E-state index is 0.0130. The van der Waals surface area contributed by atoms with Crippen LogP contribution in [0.2, 0.25) is 5.02 Å². The van der Waals surface area contributed by atoms with Gasteiger partial charge in [0.15, 0.2) is 0 Å². The smallest absolute Gasteiger partial charge is 0.260 e. The third-order valence-electron chi connectivity index (χ3n) is 7.67. The van der Waals surface area contributed by atoms with Crippen molar-refractivity contribution in [2.45, 2.75) is 66.7 Å². The Bertz CT molecular complexity index is 1270. The number of aliphatic hydroxyl groups excluding tert-OH is 1. The summed E-state index contributed by atoms with van der Waals surface area (Å²) >= 11 is 5.90. The van der Waals surface area contributed by atoms with Crippen LogP contribution in [0, 0.1) is 0 Å². The summed E-state index contributed by atoms with van der Waals surface area (Å²) in [4.78, 5) is 18.6. The first kappa shape index (κ1) is 22.8. The number of anilines is 1. The zero-order chi connectivity index (χ0) is 23.6. The molecule has 9 nitrogen and oxygen atoms in total. The van der Waals surface area contributed by atoms with Gasteiger partial charge in [-0.15, -0.1) is 0 Å². The minimum atomic E-state index is -2.53. The Kier molecular flexibility index (Phi) is 5.47. The number of halogens is 1. The van der Waals surface area contributed by atoms with Gasteiger partial charge in [0, 0.05) is 41.0 Å². The van der Waals surface area contributed by atoms with Crippen LogP contribution >= 0.6 is 11.6 Å². The van der Waals surface area contributed by atoms with Crippen molar-refractivity contribution in [2.24, 2.45) is 4.36 Å². The van der Waals surface area contributed by atoms with Crippen molar-refractivity contribution in [1.82, 2.24) is 19.9 Å². The fourth-order valence-electron chi connectivity index (χ4n) is 5.17. The van der Waals surface area contributed by atoms with Gasteiger partial charge in [-0.1, -0.05) is 11.6 Å². The first-order chi connectivity index (χ1) is 16.3. The fourth-order valence-corrected chi connectivity index (χ4v) is 9.20. The Morgan fingerprint density at radius 3 is 2.47 bits per heavy atom. The molecule has 2 N–H and O–H groups in total. The Labute approximate surface area is 206 Å². The van der Waals surface area contributed by atoms with Crippen molar-refractivity contribution >= 4 is 43.9 Å². The van der Waals surface area contributed by atoms with E-state index in [2.05, 4.69) is 24.6 Å². The SMILES string of the molecule is O=[S@@]1CC2(CC2)c2nc(N=S3(=O)CCC(c4ncc(Cl)cn4)CC3)nc(NC3(CO)CCC3)c21. The molecule has 1 atom stereocenters. The van der Waals surface area contributed by atoms with Crippen LogP contribution in [0.3, 0.4) is 0 Å². The molecule has 34 heavy (non-hydrogen) atoms. The highest BCUT2D eigenvalue weighted by atomic mass is 35.5. The number of aromatic nitrogens is 4. The number of nitrogens with one attached hydrogen (secondary N) is 1. The molecule has 2 aromatic heterocycles. The first-order valence-corrected chi connectivity index (χ1v) is 15.3. The van der Waals surface area contributed by atoms with Gasteiger partial charge in [0.1, 0.15) is 16.5 Å². The summed E-state index contributed by atoms with van der Waals surface area (Å²) in [5, 5.41) is 13.8. The Balaban J connectivity index is 1.32. The van der Waals surface area contributed by atoms with Gasteiger partial charge in [0.2, 0.25) is 0 Å². The van der Waals surface area contributed by atoms with E-state index in [1.165, 1.54) is 0 Å². The quantitative estimate of drug-likeness (QED) is 0.612. The van der Waals surface area contributed by atoms with Crippen LogP contribution in [0.5, 0.6) is 0 Å². The molecule has 0 bridgehead atoms. The summed E-state index contributed by atoms with van der Waals surface area (Å²) < 4.78 is 31.2. The van der Waals surface area contributed by atoms with E-state index in [-0.39, 0.29) is 23.9 Å². The van der Waals surface area contributed by atoms with E-state index >= 15 is 0 Å². The normalized spacial score (nSPS) is 30.4. The van der Waals surface area contributed by atoms with E-state index in [9.17, 15) is 13.5 Å². The molecule has 12 heteroatoms. The lowest BCUT2D eigenvalue weighted by atomic mass is 9.77. The van der Waals surface area contributed by atoms with Crippen LogP contribution in [-0.4, -0.2) is 62.9 Å². The average Bonchev–Trinajstić information content (AvgIpc) is 3.51. The molecule has 0 radical (unpaired) electrons. The minimum Gasteiger partial charge on any atom is -0.394 e. The van der Waals surface area contributed by atoms with Crippen LogP contribution < -0.4 is 5.32 Å². The van der Waals surface area contributed by atoms with Gasteiger partial charge in [0.05, 0.1) is 43.4 Å². The molecule has 2 aliphatic carbocycles. The molecule has 0 amide bonds. The molecular weight excluding hydrogens is 496 g/mol. The highest BCUT2D eigenvalue weighted by Crippen LogP contribution is 2.56. The maximum atomic E-state index is 13.6. The van der Waals surface area contributed by atoms with Crippen LogP contribution in [-0.2, 0) is 25.9 Å². The van der Waals surface area contributed by atoms with Gasteiger partial charge in [-0.2, -0.15) is 9.35 Å². The lowest BCUT2D eigenvalue weighted by Gasteiger charge is -2.41. The standard InChI is InChI=1S/C22H27ClN6O3S2/c23-15-10-24-18(25-11-15)14-2-8-34(32,9-3-14)29-20-26-17-16(33(31)13-21(17)6-7-21)19(27-20)28-22(12-30)4-1-5-22/h10-11,14,30H,1-9,12-13H2,(H,26,27,28)/t14?,33-,34?/m1/s1. The van der Waals surface area contributed by atoms with E-state index in [1.54, 1.807) is 12.4 Å². The summed E-state index contributed by atoms with van der Waals surface area (Å²) in [7, 11) is -3.72. The van der Waals surface area contributed by atoms with Gasteiger partial charge < -0.3 is 10.4 Å². The van der Waals surface area contributed by atoms with E-state index in [0.29, 0.717) is 45.8 Å². The number of nitrogens with zero attached hydrogens (tertiary/aromatic N) is 5. The Morgan fingerprint density at radius 2 is 1.88 bits per heavy atom. The number of rotatable bonds is 5. The van der Waals surface area contributed by atoms with E-state index in [4.69, 9.17) is 16.6 Å². The third-order valence-corrected chi connectivity index (χ3v) is 11.8. The molecule has 6 rings (SSSR count). The lowest BCUT2D eigenvalue weighted by molar-refractivity contribution is 0.143. The van der Waals surface area contributed by atoms with Gasteiger partial charge in [0.25, 0.3) is 5.95 Å². The predicted molar refractivity (Wildman–Crippen MR) is 130 cm³/mol. The van der Waals surface area contributed by atoms with Crippen molar-refractivity contribution < 1.29 is 13.5 Å². The molecule has 3 fully saturated rings. The second-order valence-corrected chi connectivity index (χ2v) is 14.4.